The monoisotopic (exact) mass is 264 g/mol. The summed E-state index contributed by atoms with van der Waals surface area (Å²) in [6.45, 7) is 1.51. The Morgan fingerprint density at radius 1 is 1.26 bits per heavy atom. The summed E-state index contributed by atoms with van der Waals surface area (Å²) >= 11 is 0. The van der Waals surface area contributed by atoms with Crippen molar-refractivity contribution in [2.45, 2.75) is 32.2 Å². The van der Waals surface area contributed by atoms with Gasteiger partial charge in [-0.05, 0) is 18.6 Å². The average molecular weight is 264 g/mol. The normalized spacial score (nSPS) is 21.9. The molecule has 1 aromatic rings. The number of benzene rings is 1. The number of carbonyl (C=O) groups is 2. The van der Waals surface area contributed by atoms with Crippen molar-refractivity contribution in [3.05, 3.63) is 35.9 Å². The number of ether oxygens (including phenoxy) is 3. The molecule has 0 bridgehead atoms. The molecule has 1 saturated heterocycles. The van der Waals surface area contributed by atoms with Crippen LogP contribution in [0.2, 0.25) is 0 Å². The van der Waals surface area contributed by atoms with Gasteiger partial charge in [0.2, 0.25) is 6.29 Å². The lowest BCUT2D eigenvalue weighted by atomic mass is 10.2. The van der Waals surface area contributed by atoms with Crippen molar-refractivity contribution in [3.63, 3.8) is 0 Å². The van der Waals surface area contributed by atoms with E-state index in [1.165, 1.54) is 6.92 Å². The summed E-state index contributed by atoms with van der Waals surface area (Å²) in [5.41, 5.74) is 0.511. The van der Waals surface area contributed by atoms with Crippen LogP contribution in [0.25, 0.3) is 0 Å². The number of carbonyl (C=O) groups excluding carboxylic acids is 2. The van der Waals surface area contributed by atoms with E-state index < -0.39 is 6.29 Å². The fourth-order valence-electron chi connectivity index (χ4n) is 1.89. The highest BCUT2D eigenvalue weighted by atomic mass is 16.7. The number of rotatable bonds is 4. The Hall–Kier alpha value is -1.88. The van der Waals surface area contributed by atoms with Crippen LogP contribution in [-0.4, -0.2) is 30.9 Å². The topological polar surface area (TPSA) is 61.8 Å². The van der Waals surface area contributed by atoms with Gasteiger partial charge >= 0.3 is 11.9 Å². The first kappa shape index (κ1) is 13.5. The summed E-state index contributed by atoms with van der Waals surface area (Å²) in [5, 5.41) is 0. The predicted octanol–water partition coefficient (Wildman–Crippen LogP) is 1.91. The molecule has 0 amide bonds. The highest BCUT2D eigenvalue weighted by Crippen LogP contribution is 2.21. The predicted molar refractivity (Wildman–Crippen MR) is 66.4 cm³/mol. The van der Waals surface area contributed by atoms with Crippen LogP contribution in [0.4, 0.5) is 0 Å². The molecular formula is C14H16O5. The van der Waals surface area contributed by atoms with Gasteiger partial charge in [0, 0.05) is 13.3 Å². The van der Waals surface area contributed by atoms with Gasteiger partial charge in [-0.3, -0.25) is 4.79 Å². The Morgan fingerprint density at radius 3 is 2.68 bits per heavy atom. The zero-order valence-electron chi connectivity index (χ0n) is 10.7. The molecule has 2 atom stereocenters. The number of esters is 2. The molecule has 1 aliphatic rings. The van der Waals surface area contributed by atoms with Gasteiger partial charge in [0.05, 0.1) is 11.7 Å². The lowest BCUT2D eigenvalue weighted by Gasteiger charge is -2.13. The van der Waals surface area contributed by atoms with E-state index in [0.29, 0.717) is 18.4 Å². The molecule has 19 heavy (non-hydrogen) atoms. The van der Waals surface area contributed by atoms with E-state index in [2.05, 4.69) is 0 Å². The van der Waals surface area contributed by atoms with Gasteiger partial charge in [-0.15, -0.1) is 0 Å². The fourth-order valence-corrected chi connectivity index (χ4v) is 1.89. The van der Waals surface area contributed by atoms with Crippen molar-refractivity contribution < 1.29 is 23.8 Å². The van der Waals surface area contributed by atoms with Crippen molar-refractivity contribution in [1.82, 2.24) is 0 Å². The minimum absolute atomic E-state index is 0.172. The summed E-state index contributed by atoms with van der Waals surface area (Å²) in [4.78, 5) is 22.5. The van der Waals surface area contributed by atoms with Crippen molar-refractivity contribution in [2.75, 3.05) is 6.61 Å². The highest BCUT2D eigenvalue weighted by molar-refractivity contribution is 5.89. The molecule has 0 aromatic heterocycles. The van der Waals surface area contributed by atoms with Gasteiger partial charge in [-0.25, -0.2) is 4.79 Å². The van der Waals surface area contributed by atoms with Crippen LogP contribution in [0.5, 0.6) is 0 Å². The highest BCUT2D eigenvalue weighted by Gasteiger charge is 2.28. The Bertz CT molecular complexity index is 442. The molecule has 0 spiro atoms. The minimum atomic E-state index is -0.516. The second-order valence-corrected chi connectivity index (χ2v) is 4.34. The van der Waals surface area contributed by atoms with Crippen molar-refractivity contribution in [1.29, 1.82) is 0 Å². The van der Waals surface area contributed by atoms with E-state index in [1.54, 1.807) is 24.3 Å². The molecule has 1 aromatic carbocycles. The van der Waals surface area contributed by atoms with Crippen molar-refractivity contribution in [3.8, 4) is 0 Å². The van der Waals surface area contributed by atoms with E-state index in [0.717, 1.165) is 0 Å². The van der Waals surface area contributed by atoms with Gasteiger partial charge < -0.3 is 14.2 Å². The molecule has 0 radical (unpaired) electrons. The average Bonchev–Trinajstić information content (AvgIpc) is 2.84. The third kappa shape index (κ3) is 4.06. The molecule has 102 valence electrons. The molecule has 1 fully saturated rings. The summed E-state index contributed by atoms with van der Waals surface area (Å²) in [5.74, 6) is -0.743. The smallest absolute Gasteiger partial charge is 0.338 e. The molecule has 0 N–H and O–H groups in total. The molecule has 1 unspecified atom stereocenters. The molecule has 2 rings (SSSR count). The first-order chi connectivity index (χ1) is 9.15. The van der Waals surface area contributed by atoms with E-state index in [-0.39, 0.29) is 24.6 Å². The Kier molecular flexibility index (Phi) is 4.52. The number of hydrogen-bond acceptors (Lipinski definition) is 5. The number of hydrogen-bond donors (Lipinski definition) is 0. The molecule has 1 aliphatic heterocycles. The SMILES string of the molecule is CC(=O)OC1CC[C@@H](COC(=O)c2ccccc2)O1. The van der Waals surface area contributed by atoms with Crippen molar-refractivity contribution in [2.24, 2.45) is 0 Å². The van der Waals surface area contributed by atoms with Gasteiger partial charge in [-0.2, -0.15) is 0 Å². The van der Waals surface area contributed by atoms with E-state index in [9.17, 15) is 9.59 Å². The van der Waals surface area contributed by atoms with Crippen molar-refractivity contribution >= 4 is 11.9 Å². The maximum Gasteiger partial charge on any atom is 0.338 e. The van der Waals surface area contributed by atoms with Gasteiger partial charge in [0.1, 0.15) is 6.61 Å². The molecule has 1 heterocycles. The van der Waals surface area contributed by atoms with E-state index in [4.69, 9.17) is 14.2 Å². The lowest BCUT2D eigenvalue weighted by Crippen LogP contribution is -2.21. The first-order valence-corrected chi connectivity index (χ1v) is 6.20. The zero-order valence-corrected chi connectivity index (χ0v) is 10.7. The van der Waals surface area contributed by atoms with Crippen LogP contribution in [0.15, 0.2) is 30.3 Å². The largest absolute Gasteiger partial charge is 0.459 e. The summed E-state index contributed by atoms with van der Waals surface area (Å²) in [6.07, 6.45) is 0.614. The van der Waals surface area contributed by atoms with Crippen LogP contribution >= 0.6 is 0 Å². The van der Waals surface area contributed by atoms with Gasteiger partial charge in [-0.1, -0.05) is 18.2 Å². The molecule has 0 aliphatic carbocycles. The second-order valence-electron chi connectivity index (χ2n) is 4.34. The lowest BCUT2D eigenvalue weighted by molar-refractivity contribution is -0.174. The molecule has 5 nitrogen and oxygen atoms in total. The zero-order chi connectivity index (χ0) is 13.7. The molecule has 5 heteroatoms. The fraction of sp³-hybridized carbons (Fsp3) is 0.429. The van der Waals surface area contributed by atoms with Crippen LogP contribution in [0.1, 0.15) is 30.1 Å². The third-order valence-electron chi connectivity index (χ3n) is 2.78. The van der Waals surface area contributed by atoms with E-state index in [1.807, 2.05) is 6.07 Å². The first-order valence-electron chi connectivity index (χ1n) is 6.20. The summed E-state index contributed by atoms with van der Waals surface area (Å²) in [6, 6.07) is 8.78. The molecular weight excluding hydrogens is 248 g/mol. The molecule has 0 saturated carbocycles. The Morgan fingerprint density at radius 2 is 2.00 bits per heavy atom. The quantitative estimate of drug-likeness (QED) is 0.777. The van der Waals surface area contributed by atoms with Gasteiger partial charge in [0.15, 0.2) is 0 Å². The van der Waals surface area contributed by atoms with Gasteiger partial charge in [0.25, 0.3) is 0 Å². The summed E-state index contributed by atoms with van der Waals surface area (Å²) in [7, 11) is 0. The summed E-state index contributed by atoms with van der Waals surface area (Å²) < 4.78 is 15.5. The van der Waals surface area contributed by atoms with E-state index >= 15 is 0 Å². The Balaban J connectivity index is 1.75. The maximum atomic E-state index is 11.7. The van der Waals surface area contributed by atoms with Crippen LogP contribution in [0, 0.1) is 0 Å². The Labute approximate surface area is 111 Å². The van der Waals surface area contributed by atoms with Crippen LogP contribution in [-0.2, 0) is 19.0 Å². The minimum Gasteiger partial charge on any atom is -0.459 e. The standard InChI is InChI=1S/C14H16O5/c1-10(15)18-13-8-7-12(19-13)9-17-14(16)11-5-3-2-4-6-11/h2-6,12-13H,7-9H2,1H3/t12-,13?/m0/s1. The van der Waals surface area contributed by atoms with Crippen LogP contribution in [0.3, 0.4) is 0 Å². The second kappa shape index (κ2) is 6.33. The maximum absolute atomic E-state index is 11.7. The third-order valence-corrected chi connectivity index (χ3v) is 2.78. The van der Waals surface area contributed by atoms with Crippen LogP contribution < -0.4 is 0 Å².